The Labute approximate surface area is 172 Å². The Morgan fingerprint density at radius 1 is 1.27 bits per heavy atom. The third-order valence-electron chi connectivity index (χ3n) is 3.55. The number of aromatic nitrogens is 1. The lowest BCUT2D eigenvalue weighted by atomic mass is 10.1. The number of nitrogens with one attached hydrogen (secondary N) is 2. The molecule has 138 valence electrons. The van der Waals surface area contributed by atoms with Crippen LogP contribution in [-0.2, 0) is 0 Å². The number of amides is 3. The summed E-state index contributed by atoms with van der Waals surface area (Å²) in [7, 11) is 0. The number of carbonyl (C=O) groups excluding carboxylic acids is 2. The Morgan fingerprint density at radius 2 is 1.92 bits per heavy atom. The van der Waals surface area contributed by atoms with Crippen LogP contribution in [0.3, 0.4) is 0 Å². The molecule has 0 bridgehead atoms. The van der Waals surface area contributed by atoms with Gasteiger partial charge in [0.15, 0.2) is 5.82 Å². The first-order valence-corrected chi connectivity index (χ1v) is 9.50. The highest BCUT2D eigenvalue weighted by Gasteiger charge is 2.21. The summed E-state index contributed by atoms with van der Waals surface area (Å²) in [5, 5.41) is 4.82. The van der Waals surface area contributed by atoms with E-state index in [1.54, 1.807) is 12.3 Å². The second kappa shape index (κ2) is 8.45. The van der Waals surface area contributed by atoms with Crippen LogP contribution in [0.25, 0.3) is 0 Å². The number of hydrogen-bond acceptors (Lipinski definition) is 3. The standard InChI is InChI=1S/C17H15Br2ClFN3O2/c1-7(2)14-15(8(3)4-5-22-14)23-17(26)24-16(25)9-6-10(20)12(19)13(21)11(9)18/h4-7H,1-3H3,(H2,23,24,25,26). The van der Waals surface area contributed by atoms with Crippen LogP contribution < -0.4 is 10.6 Å². The van der Waals surface area contributed by atoms with E-state index in [0.717, 1.165) is 5.56 Å². The second-order valence-corrected chi connectivity index (χ2v) is 7.79. The van der Waals surface area contributed by atoms with E-state index < -0.39 is 17.8 Å². The Kier molecular flexibility index (Phi) is 6.76. The second-order valence-electron chi connectivity index (χ2n) is 5.80. The summed E-state index contributed by atoms with van der Waals surface area (Å²) in [6, 6.07) is 2.26. The highest BCUT2D eigenvalue weighted by Crippen LogP contribution is 2.33. The molecule has 1 aromatic heterocycles. The number of anilines is 1. The number of halogens is 4. The van der Waals surface area contributed by atoms with Crippen LogP contribution in [-0.4, -0.2) is 16.9 Å². The Balaban J connectivity index is 2.23. The van der Waals surface area contributed by atoms with Gasteiger partial charge in [-0.05, 0) is 62.4 Å². The van der Waals surface area contributed by atoms with E-state index in [2.05, 4.69) is 47.5 Å². The fraction of sp³-hybridized carbons (Fsp3) is 0.235. The number of rotatable bonds is 3. The summed E-state index contributed by atoms with van der Waals surface area (Å²) in [6.45, 7) is 5.71. The first-order chi connectivity index (χ1) is 12.1. The molecule has 2 rings (SSSR count). The molecule has 0 spiro atoms. The number of pyridine rings is 1. The minimum atomic E-state index is -0.796. The lowest BCUT2D eigenvalue weighted by Gasteiger charge is -2.15. The van der Waals surface area contributed by atoms with Crippen LogP contribution in [0.2, 0.25) is 5.02 Å². The summed E-state index contributed by atoms with van der Waals surface area (Å²) in [4.78, 5) is 28.8. The van der Waals surface area contributed by atoms with E-state index >= 15 is 0 Å². The lowest BCUT2D eigenvalue weighted by molar-refractivity contribution is 0.0965. The summed E-state index contributed by atoms with van der Waals surface area (Å²) in [5.74, 6) is -1.45. The van der Waals surface area contributed by atoms with Crippen molar-refractivity contribution in [3.05, 3.63) is 54.9 Å². The molecule has 0 radical (unpaired) electrons. The topological polar surface area (TPSA) is 71.1 Å². The maximum absolute atomic E-state index is 14.0. The van der Waals surface area contributed by atoms with Crippen LogP contribution in [0.1, 0.15) is 41.4 Å². The maximum atomic E-state index is 14.0. The van der Waals surface area contributed by atoms with E-state index in [9.17, 15) is 14.0 Å². The molecule has 0 fully saturated rings. The largest absolute Gasteiger partial charge is 0.326 e. The van der Waals surface area contributed by atoms with Gasteiger partial charge in [0.2, 0.25) is 0 Å². The normalized spacial score (nSPS) is 10.8. The van der Waals surface area contributed by atoms with Crippen LogP contribution >= 0.6 is 43.5 Å². The van der Waals surface area contributed by atoms with Gasteiger partial charge in [-0.1, -0.05) is 25.4 Å². The average Bonchev–Trinajstić information content (AvgIpc) is 2.57. The molecule has 0 aliphatic heterocycles. The van der Waals surface area contributed by atoms with Crippen molar-refractivity contribution < 1.29 is 14.0 Å². The summed E-state index contributed by atoms with van der Waals surface area (Å²) in [6.07, 6.45) is 1.66. The zero-order valence-electron chi connectivity index (χ0n) is 14.1. The zero-order valence-corrected chi connectivity index (χ0v) is 18.0. The highest BCUT2D eigenvalue weighted by atomic mass is 79.9. The van der Waals surface area contributed by atoms with E-state index in [-0.39, 0.29) is 25.4 Å². The van der Waals surface area contributed by atoms with E-state index in [4.69, 9.17) is 11.6 Å². The molecule has 0 aliphatic rings. The smallest absolute Gasteiger partial charge is 0.306 e. The van der Waals surface area contributed by atoms with Crippen molar-refractivity contribution in [3.63, 3.8) is 0 Å². The van der Waals surface area contributed by atoms with Gasteiger partial charge in [0.05, 0.1) is 30.9 Å². The summed E-state index contributed by atoms with van der Waals surface area (Å²) in [5.41, 5.74) is 1.95. The number of urea groups is 1. The van der Waals surface area contributed by atoms with E-state index in [1.807, 2.05) is 20.8 Å². The van der Waals surface area contributed by atoms with Gasteiger partial charge in [-0.2, -0.15) is 0 Å². The monoisotopic (exact) mass is 505 g/mol. The van der Waals surface area contributed by atoms with E-state index in [0.29, 0.717) is 11.4 Å². The number of aryl methyl sites for hydroxylation is 1. The molecule has 26 heavy (non-hydrogen) atoms. The molecule has 2 aromatic rings. The fourth-order valence-electron chi connectivity index (χ4n) is 2.23. The predicted octanol–water partition coefficient (Wildman–Crippen LogP) is 5.79. The number of imide groups is 1. The van der Waals surface area contributed by atoms with Gasteiger partial charge in [0.25, 0.3) is 5.91 Å². The molecule has 9 heteroatoms. The zero-order chi connectivity index (χ0) is 19.6. The fourth-order valence-corrected chi connectivity index (χ4v) is 3.50. The molecule has 0 saturated heterocycles. The molecular formula is C17H15Br2ClFN3O2. The third-order valence-corrected chi connectivity index (χ3v) is 5.63. The number of carbonyl (C=O) groups is 2. The molecule has 1 aromatic carbocycles. The molecule has 2 N–H and O–H groups in total. The predicted molar refractivity (Wildman–Crippen MR) is 106 cm³/mol. The first-order valence-electron chi connectivity index (χ1n) is 7.54. The summed E-state index contributed by atoms with van der Waals surface area (Å²) < 4.78 is 14.0. The molecule has 0 saturated carbocycles. The van der Waals surface area contributed by atoms with Crippen LogP contribution in [0.4, 0.5) is 14.9 Å². The molecule has 0 atom stereocenters. The van der Waals surface area contributed by atoms with Crippen molar-refractivity contribution in [2.75, 3.05) is 5.32 Å². The van der Waals surface area contributed by atoms with Crippen molar-refractivity contribution in [1.82, 2.24) is 10.3 Å². The van der Waals surface area contributed by atoms with Gasteiger partial charge in [-0.25, -0.2) is 9.18 Å². The van der Waals surface area contributed by atoms with Crippen molar-refractivity contribution in [2.24, 2.45) is 0 Å². The molecule has 0 unspecified atom stereocenters. The van der Waals surface area contributed by atoms with Gasteiger partial charge in [0.1, 0.15) is 0 Å². The SMILES string of the molecule is Cc1ccnc(C(C)C)c1NC(=O)NC(=O)c1cc(Cl)c(Br)c(F)c1Br. The van der Waals surface area contributed by atoms with Gasteiger partial charge >= 0.3 is 6.03 Å². The quantitative estimate of drug-likeness (QED) is 0.408. The van der Waals surface area contributed by atoms with Crippen molar-refractivity contribution in [2.45, 2.75) is 26.7 Å². The number of nitrogens with zero attached hydrogens (tertiary/aromatic N) is 1. The Bertz CT molecular complexity index is 891. The van der Waals surface area contributed by atoms with Gasteiger partial charge in [-0.15, -0.1) is 0 Å². The number of hydrogen-bond donors (Lipinski definition) is 2. The summed E-state index contributed by atoms with van der Waals surface area (Å²) >= 11 is 11.9. The van der Waals surface area contributed by atoms with Crippen LogP contribution in [0, 0.1) is 12.7 Å². The first kappa shape index (κ1) is 20.8. The lowest BCUT2D eigenvalue weighted by Crippen LogP contribution is -2.35. The Morgan fingerprint density at radius 3 is 2.54 bits per heavy atom. The maximum Gasteiger partial charge on any atom is 0.326 e. The van der Waals surface area contributed by atoms with Gasteiger partial charge in [0, 0.05) is 6.20 Å². The van der Waals surface area contributed by atoms with Gasteiger partial charge in [-0.3, -0.25) is 15.1 Å². The molecular weight excluding hydrogens is 492 g/mol. The van der Waals surface area contributed by atoms with Crippen LogP contribution in [0.15, 0.2) is 27.3 Å². The molecule has 1 heterocycles. The van der Waals surface area contributed by atoms with Crippen molar-refractivity contribution in [1.29, 1.82) is 0 Å². The average molecular weight is 508 g/mol. The minimum Gasteiger partial charge on any atom is -0.306 e. The minimum absolute atomic E-state index is 0.0152. The highest BCUT2D eigenvalue weighted by molar-refractivity contribution is 9.11. The molecule has 5 nitrogen and oxygen atoms in total. The van der Waals surface area contributed by atoms with Crippen molar-refractivity contribution >= 4 is 61.1 Å². The van der Waals surface area contributed by atoms with Crippen molar-refractivity contribution in [3.8, 4) is 0 Å². The Hall–Kier alpha value is -1.51. The third kappa shape index (κ3) is 4.42. The van der Waals surface area contributed by atoms with Crippen LogP contribution in [0.5, 0.6) is 0 Å². The number of benzene rings is 1. The van der Waals surface area contributed by atoms with Gasteiger partial charge < -0.3 is 5.32 Å². The van der Waals surface area contributed by atoms with E-state index in [1.165, 1.54) is 6.07 Å². The molecule has 0 aliphatic carbocycles. The molecule has 3 amide bonds.